The van der Waals surface area contributed by atoms with E-state index in [1.165, 1.54) is 6.07 Å². The molecule has 6 nitrogen and oxygen atoms in total. The Bertz CT molecular complexity index is 1200. The molecular weight excluding hydrogens is 400 g/mol. The van der Waals surface area contributed by atoms with Crippen LogP contribution in [0.3, 0.4) is 0 Å². The van der Waals surface area contributed by atoms with E-state index in [0.717, 1.165) is 60.8 Å². The van der Waals surface area contributed by atoms with Crippen molar-refractivity contribution < 1.29 is 13.5 Å². The van der Waals surface area contributed by atoms with E-state index in [1.54, 1.807) is 6.20 Å². The number of anilines is 3. The van der Waals surface area contributed by atoms with Crippen molar-refractivity contribution in [3.05, 3.63) is 77.5 Å². The second-order valence-corrected chi connectivity index (χ2v) is 7.50. The maximum atomic E-state index is 14.0. The summed E-state index contributed by atoms with van der Waals surface area (Å²) in [5.41, 5.74) is 3.73. The lowest BCUT2D eigenvalue weighted by Gasteiger charge is -2.28. The summed E-state index contributed by atoms with van der Waals surface area (Å²) in [4.78, 5) is 6.66. The normalized spacial score (nSPS) is 14.2. The number of ether oxygens (including phenoxy) is 1. The minimum atomic E-state index is -0.461. The van der Waals surface area contributed by atoms with Gasteiger partial charge in [0.25, 0.3) is 0 Å². The molecule has 0 aliphatic carbocycles. The molecule has 5 rings (SSSR count). The number of fused-ring (bicyclic) bond motifs is 1. The molecule has 0 spiro atoms. The summed E-state index contributed by atoms with van der Waals surface area (Å²) in [6, 6.07) is 13.5. The van der Waals surface area contributed by atoms with E-state index in [9.17, 15) is 8.78 Å². The van der Waals surface area contributed by atoms with Crippen molar-refractivity contribution in [2.75, 3.05) is 36.5 Å². The number of morpholine rings is 1. The summed E-state index contributed by atoms with van der Waals surface area (Å²) in [5.74, 6) is -0.271. The maximum absolute atomic E-state index is 14.0. The predicted octanol–water partition coefficient (Wildman–Crippen LogP) is 4.41. The Morgan fingerprint density at radius 2 is 1.84 bits per heavy atom. The fraction of sp³-hybridized carbons (Fsp3) is 0.217. The van der Waals surface area contributed by atoms with Crippen LogP contribution in [0, 0.1) is 11.6 Å². The Morgan fingerprint density at radius 3 is 2.65 bits per heavy atom. The van der Waals surface area contributed by atoms with Crippen LogP contribution in [0.2, 0.25) is 0 Å². The number of nitrogens with one attached hydrogen (secondary N) is 2. The lowest BCUT2D eigenvalue weighted by molar-refractivity contribution is 0.122. The van der Waals surface area contributed by atoms with Gasteiger partial charge in [-0.3, -0.25) is 5.10 Å². The summed E-state index contributed by atoms with van der Waals surface area (Å²) < 4.78 is 32.9. The first-order valence-electron chi connectivity index (χ1n) is 10.1. The van der Waals surface area contributed by atoms with Gasteiger partial charge in [0.2, 0.25) is 0 Å². The zero-order chi connectivity index (χ0) is 21.2. The number of aromatic nitrogens is 3. The highest BCUT2D eigenvalue weighted by Crippen LogP contribution is 2.26. The molecule has 0 unspecified atom stereocenters. The molecule has 0 atom stereocenters. The van der Waals surface area contributed by atoms with Crippen LogP contribution in [0.5, 0.6) is 0 Å². The third-order valence-electron chi connectivity index (χ3n) is 5.38. The molecule has 1 aliphatic rings. The Morgan fingerprint density at radius 1 is 1.03 bits per heavy atom. The van der Waals surface area contributed by atoms with E-state index in [2.05, 4.69) is 37.5 Å². The van der Waals surface area contributed by atoms with Gasteiger partial charge in [0.1, 0.15) is 11.6 Å². The van der Waals surface area contributed by atoms with Gasteiger partial charge >= 0.3 is 0 Å². The fourth-order valence-corrected chi connectivity index (χ4v) is 3.75. The molecule has 31 heavy (non-hydrogen) atoms. The van der Waals surface area contributed by atoms with E-state index < -0.39 is 11.6 Å². The van der Waals surface area contributed by atoms with Gasteiger partial charge in [-0.1, -0.05) is 0 Å². The van der Waals surface area contributed by atoms with Crippen molar-refractivity contribution in [2.24, 2.45) is 0 Å². The van der Waals surface area contributed by atoms with Gasteiger partial charge in [0, 0.05) is 37.1 Å². The number of aromatic amines is 1. The van der Waals surface area contributed by atoms with E-state index in [-0.39, 0.29) is 12.0 Å². The molecule has 2 aromatic carbocycles. The monoisotopic (exact) mass is 421 g/mol. The highest BCUT2D eigenvalue weighted by Gasteiger charge is 2.13. The Hall–Kier alpha value is -3.52. The number of hydrogen-bond donors (Lipinski definition) is 2. The van der Waals surface area contributed by atoms with Crippen molar-refractivity contribution in [3.63, 3.8) is 0 Å². The van der Waals surface area contributed by atoms with Gasteiger partial charge in [0.05, 0.1) is 18.6 Å². The second kappa shape index (κ2) is 8.31. The molecule has 8 heteroatoms. The summed E-state index contributed by atoms with van der Waals surface area (Å²) in [6.07, 6.45) is 1.89. The number of halogens is 2. The minimum absolute atomic E-state index is 0.241. The van der Waals surface area contributed by atoms with Crippen LogP contribution < -0.4 is 10.2 Å². The van der Waals surface area contributed by atoms with Crippen molar-refractivity contribution in [1.29, 1.82) is 0 Å². The van der Waals surface area contributed by atoms with Crippen molar-refractivity contribution >= 4 is 28.2 Å². The number of H-pyrrole nitrogens is 1. The van der Waals surface area contributed by atoms with Gasteiger partial charge in [-0.05, 0) is 59.7 Å². The van der Waals surface area contributed by atoms with Crippen LogP contribution >= 0.6 is 0 Å². The van der Waals surface area contributed by atoms with E-state index >= 15 is 0 Å². The van der Waals surface area contributed by atoms with Gasteiger partial charge in [0.15, 0.2) is 11.5 Å². The molecule has 0 radical (unpaired) electrons. The number of nitrogens with zero attached hydrogens (tertiary/aromatic N) is 3. The molecule has 1 saturated heterocycles. The number of pyridine rings is 1. The lowest BCUT2D eigenvalue weighted by Crippen LogP contribution is -2.36. The summed E-state index contributed by atoms with van der Waals surface area (Å²) in [7, 11) is 0. The summed E-state index contributed by atoms with van der Waals surface area (Å²) >= 11 is 0. The first kappa shape index (κ1) is 19.4. The lowest BCUT2D eigenvalue weighted by atomic mass is 10.1. The summed E-state index contributed by atoms with van der Waals surface area (Å²) in [5, 5.41) is 11.3. The van der Waals surface area contributed by atoms with E-state index in [1.807, 2.05) is 18.2 Å². The van der Waals surface area contributed by atoms with Crippen molar-refractivity contribution in [3.8, 4) is 0 Å². The van der Waals surface area contributed by atoms with Gasteiger partial charge in [-0.2, -0.15) is 5.10 Å². The third kappa shape index (κ3) is 4.20. The average Bonchev–Trinajstić information content (AvgIpc) is 3.19. The highest BCUT2D eigenvalue weighted by atomic mass is 19.1. The number of rotatable bonds is 5. The molecule has 1 aliphatic heterocycles. The minimum Gasteiger partial charge on any atom is -0.378 e. The second-order valence-electron chi connectivity index (χ2n) is 7.50. The number of hydrogen-bond acceptors (Lipinski definition) is 5. The average molecular weight is 421 g/mol. The van der Waals surface area contributed by atoms with Crippen LogP contribution in [0.25, 0.3) is 11.0 Å². The molecule has 2 aromatic heterocycles. The topological polar surface area (TPSA) is 66.1 Å². The molecule has 4 aromatic rings. The zero-order valence-corrected chi connectivity index (χ0v) is 16.7. The van der Waals surface area contributed by atoms with Crippen LogP contribution in [0.15, 0.2) is 54.7 Å². The predicted molar refractivity (Wildman–Crippen MR) is 116 cm³/mol. The molecule has 0 saturated carbocycles. The Labute approximate surface area is 177 Å². The van der Waals surface area contributed by atoms with Gasteiger partial charge in [-0.15, -0.1) is 0 Å². The van der Waals surface area contributed by atoms with Crippen molar-refractivity contribution in [2.45, 2.75) is 6.42 Å². The zero-order valence-electron chi connectivity index (χ0n) is 16.7. The standard InChI is InChI=1S/C23H21F2N5O/c24-17-1-6-21(25)16(13-17)11-15-12-20-22(26-14-15)28-29-23(20)27-18-2-4-19(5-3-18)30-7-9-31-10-8-30/h1-6,12-14H,7-11H2,(H2,26,27,28,29). The van der Waals surface area contributed by atoms with Crippen LogP contribution in [0.1, 0.15) is 11.1 Å². The highest BCUT2D eigenvalue weighted by molar-refractivity contribution is 5.89. The van der Waals surface area contributed by atoms with Crippen LogP contribution in [-0.4, -0.2) is 41.5 Å². The molecular formula is C23H21F2N5O. The number of benzene rings is 2. The van der Waals surface area contributed by atoms with Gasteiger partial charge in [-0.25, -0.2) is 13.8 Å². The molecule has 1 fully saturated rings. The summed E-state index contributed by atoms with van der Waals surface area (Å²) in [6.45, 7) is 3.26. The van der Waals surface area contributed by atoms with Crippen LogP contribution in [-0.2, 0) is 11.2 Å². The smallest absolute Gasteiger partial charge is 0.161 e. The Balaban J connectivity index is 1.36. The molecule has 0 amide bonds. The largest absolute Gasteiger partial charge is 0.378 e. The molecule has 3 heterocycles. The first-order valence-corrected chi connectivity index (χ1v) is 10.1. The Kier molecular flexibility index (Phi) is 5.21. The molecule has 2 N–H and O–H groups in total. The fourth-order valence-electron chi connectivity index (χ4n) is 3.75. The molecule has 0 bridgehead atoms. The maximum Gasteiger partial charge on any atom is 0.161 e. The molecule has 158 valence electrons. The van der Waals surface area contributed by atoms with Gasteiger partial charge < -0.3 is 15.0 Å². The SMILES string of the molecule is Fc1ccc(F)c(Cc2cnc3[nH]nc(Nc4ccc(N5CCOCC5)cc4)c3c2)c1. The van der Waals surface area contributed by atoms with Crippen molar-refractivity contribution in [1.82, 2.24) is 15.2 Å². The first-order chi connectivity index (χ1) is 15.2. The third-order valence-corrected chi connectivity index (χ3v) is 5.38. The van der Waals surface area contributed by atoms with Crippen LogP contribution in [0.4, 0.5) is 26.0 Å². The quantitative estimate of drug-likeness (QED) is 0.500. The van der Waals surface area contributed by atoms with E-state index in [0.29, 0.717) is 11.5 Å². The van der Waals surface area contributed by atoms with E-state index in [4.69, 9.17) is 4.74 Å².